The van der Waals surface area contributed by atoms with Crippen LogP contribution in [0.2, 0.25) is 0 Å². The van der Waals surface area contributed by atoms with Crippen LogP contribution in [0, 0.1) is 5.92 Å². The fourth-order valence-corrected chi connectivity index (χ4v) is 3.97. The zero-order valence-electron chi connectivity index (χ0n) is 11.2. The molecule has 0 spiro atoms. The predicted octanol–water partition coefficient (Wildman–Crippen LogP) is 2.97. The van der Waals surface area contributed by atoms with Gasteiger partial charge < -0.3 is 4.90 Å². The highest BCUT2D eigenvalue weighted by molar-refractivity contribution is 7.80. The maximum Gasteiger partial charge on any atom is 0.416 e. The van der Waals surface area contributed by atoms with Crippen LogP contribution in [0.25, 0.3) is 0 Å². The van der Waals surface area contributed by atoms with Crippen molar-refractivity contribution in [1.82, 2.24) is 4.90 Å². The summed E-state index contributed by atoms with van der Waals surface area (Å²) in [6, 6.07) is 4.46. The van der Waals surface area contributed by atoms with Crippen LogP contribution in [-0.2, 0) is 11.0 Å². The van der Waals surface area contributed by atoms with Crippen LogP contribution in [-0.4, -0.2) is 28.0 Å². The molecule has 3 aliphatic rings. The zero-order valence-corrected chi connectivity index (χ0v) is 12.1. The van der Waals surface area contributed by atoms with Crippen molar-refractivity contribution in [3.63, 3.8) is 0 Å². The number of halogens is 3. The molecule has 1 aromatic rings. The van der Waals surface area contributed by atoms with Gasteiger partial charge in [0.05, 0.1) is 17.3 Å². The highest BCUT2D eigenvalue weighted by Gasteiger charge is 2.55. The standard InChI is InChI=1S/C15H11F3N2OS/c16-15(17,18)9-2-1-3-10(7-9)20-13(21)12-8-4-5-11(6-8)19(12)14(20)22/h1-5,7-8,11-12H,6H2/t8-,11+,12-/m1/s1. The van der Waals surface area contributed by atoms with E-state index in [1.54, 1.807) is 0 Å². The minimum absolute atomic E-state index is 0.0854. The molecule has 2 heterocycles. The summed E-state index contributed by atoms with van der Waals surface area (Å²) in [6.07, 6.45) is 0.419. The van der Waals surface area contributed by atoms with Gasteiger partial charge >= 0.3 is 6.18 Å². The Kier molecular flexibility index (Phi) is 2.70. The summed E-state index contributed by atoms with van der Waals surface area (Å²) in [5.41, 5.74) is -0.604. The summed E-state index contributed by atoms with van der Waals surface area (Å²) in [4.78, 5) is 15.7. The Morgan fingerprint density at radius 3 is 2.68 bits per heavy atom. The van der Waals surface area contributed by atoms with Crippen LogP contribution in [0.1, 0.15) is 12.0 Å². The van der Waals surface area contributed by atoms with E-state index in [1.165, 1.54) is 17.0 Å². The quantitative estimate of drug-likeness (QED) is 0.586. The van der Waals surface area contributed by atoms with Crippen molar-refractivity contribution in [2.75, 3.05) is 4.90 Å². The lowest BCUT2D eigenvalue weighted by Crippen LogP contribution is -2.38. The van der Waals surface area contributed by atoms with E-state index in [4.69, 9.17) is 12.2 Å². The predicted molar refractivity (Wildman–Crippen MR) is 78.2 cm³/mol. The summed E-state index contributed by atoms with van der Waals surface area (Å²) < 4.78 is 38.6. The number of fused-ring (bicyclic) bond motifs is 5. The Morgan fingerprint density at radius 2 is 2.00 bits per heavy atom. The van der Waals surface area contributed by atoms with Gasteiger partial charge in [0.2, 0.25) is 0 Å². The van der Waals surface area contributed by atoms with Gasteiger partial charge in [-0.25, -0.2) is 0 Å². The number of hydrogen-bond donors (Lipinski definition) is 0. The number of carbonyl (C=O) groups excluding carboxylic acids is 1. The molecule has 2 fully saturated rings. The Balaban J connectivity index is 1.73. The van der Waals surface area contributed by atoms with E-state index in [2.05, 4.69) is 0 Å². The van der Waals surface area contributed by atoms with Crippen LogP contribution < -0.4 is 4.90 Å². The van der Waals surface area contributed by atoms with Gasteiger partial charge in [0.25, 0.3) is 5.91 Å². The molecule has 0 unspecified atom stereocenters. The molecule has 4 rings (SSSR count). The zero-order chi connectivity index (χ0) is 15.6. The van der Waals surface area contributed by atoms with Gasteiger partial charge in [-0.1, -0.05) is 18.2 Å². The molecule has 0 saturated carbocycles. The molecule has 3 nitrogen and oxygen atoms in total. The van der Waals surface area contributed by atoms with Crippen LogP contribution in [0.3, 0.4) is 0 Å². The number of benzene rings is 1. The summed E-state index contributed by atoms with van der Waals surface area (Å²) in [6.45, 7) is 0. The molecule has 1 amide bonds. The maximum absolute atomic E-state index is 12.9. The maximum atomic E-state index is 12.9. The molecular formula is C15H11F3N2OS. The highest BCUT2D eigenvalue weighted by atomic mass is 32.1. The molecule has 2 aliphatic heterocycles. The van der Waals surface area contributed by atoms with Crippen molar-refractivity contribution in [2.45, 2.75) is 24.7 Å². The number of thiocarbonyl (C=S) groups is 1. The Hall–Kier alpha value is -1.89. The Bertz CT molecular complexity index is 685. The lowest BCUT2D eigenvalue weighted by atomic mass is 10.0. The molecule has 114 valence electrons. The van der Waals surface area contributed by atoms with Crippen LogP contribution >= 0.6 is 12.2 Å². The number of anilines is 1. The average Bonchev–Trinajstić information content (AvgIpc) is 3.12. The van der Waals surface area contributed by atoms with E-state index in [0.29, 0.717) is 5.11 Å². The third kappa shape index (κ3) is 1.75. The summed E-state index contributed by atoms with van der Waals surface area (Å²) in [7, 11) is 0. The molecule has 0 N–H and O–H groups in total. The smallest absolute Gasteiger partial charge is 0.329 e. The van der Waals surface area contributed by atoms with Gasteiger partial charge in [0.1, 0.15) is 6.04 Å². The van der Waals surface area contributed by atoms with E-state index >= 15 is 0 Å². The SMILES string of the molecule is O=C1[C@H]2[C@@H]3C=C[C@@H](C3)N2C(=S)N1c1cccc(C(F)(F)F)c1. The van der Waals surface area contributed by atoms with Crippen molar-refractivity contribution in [3.05, 3.63) is 42.0 Å². The molecular weight excluding hydrogens is 313 g/mol. The van der Waals surface area contributed by atoms with Crippen LogP contribution in [0.4, 0.5) is 18.9 Å². The molecule has 22 heavy (non-hydrogen) atoms. The van der Waals surface area contributed by atoms with E-state index in [1.807, 2.05) is 17.1 Å². The largest absolute Gasteiger partial charge is 0.416 e. The lowest BCUT2D eigenvalue weighted by Gasteiger charge is -2.25. The van der Waals surface area contributed by atoms with Crippen molar-refractivity contribution in [2.24, 2.45) is 5.92 Å². The first-order valence-electron chi connectivity index (χ1n) is 6.90. The first-order chi connectivity index (χ1) is 10.4. The number of carbonyl (C=O) groups is 1. The molecule has 1 aromatic carbocycles. The second-order valence-corrected chi connectivity index (χ2v) is 6.07. The van der Waals surface area contributed by atoms with E-state index < -0.39 is 11.7 Å². The molecule has 1 aliphatic carbocycles. The monoisotopic (exact) mass is 324 g/mol. The van der Waals surface area contributed by atoms with Crippen LogP contribution in [0.5, 0.6) is 0 Å². The summed E-state index contributed by atoms with van der Waals surface area (Å²) in [5, 5.41) is 0.297. The van der Waals surface area contributed by atoms with Gasteiger partial charge in [-0.15, -0.1) is 0 Å². The fourth-order valence-electron chi connectivity index (χ4n) is 3.52. The van der Waals surface area contributed by atoms with E-state index in [0.717, 1.165) is 18.6 Å². The van der Waals surface area contributed by atoms with Crippen molar-refractivity contribution >= 4 is 28.9 Å². The first-order valence-corrected chi connectivity index (χ1v) is 7.30. The first kappa shape index (κ1) is 13.8. The lowest BCUT2D eigenvalue weighted by molar-refractivity contribution is -0.137. The molecule has 2 saturated heterocycles. The summed E-state index contributed by atoms with van der Waals surface area (Å²) in [5.74, 6) is -0.132. The number of hydrogen-bond acceptors (Lipinski definition) is 2. The topological polar surface area (TPSA) is 23.6 Å². The normalized spacial score (nSPS) is 29.7. The molecule has 2 bridgehead atoms. The van der Waals surface area contributed by atoms with E-state index in [9.17, 15) is 18.0 Å². The van der Waals surface area contributed by atoms with Crippen molar-refractivity contribution in [1.29, 1.82) is 0 Å². The molecule has 0 radical (unpaired) electrons. The Morgan fingerprint density at radius 1 is 1.23 bits per heavy atom. The van der Waals surface area contributed by atoms with Gasteiger partial charge in [0, 0.05) is 5.92 Å². The second kappa shape index (κ2) is 4.32. The van der Waals surface area contributed by atoms with Gasteiger partial charge in [-0.05, 0) is 36.8 Å². The average molecular weight is 324 g/mol. The van der Waals surface area contributed by atoms with Gasteiger partial charge in [-0.3, -0.25) is 9.69 Å². The number of rotatable bonds is 1. The molecule has 3 atom stereocenters. The number of amides is 1. The van der Waals surface area contributed by atoms with E-state index in [-0.39, 0.29) is 29.6 Å². The fraction of sp³-hybridized carbons (Fsp3) is 0.333. The van der Waals surface area contributed by atoms with Crippen molar-refractivity contribution in [3.8, 4) is 0 Å². The third-order valence-electron chi connectivity index (χ3n) is 4.47. The summed E-state index contributed by atoms with van der Waals surface area (Å²) >= 11 is 5.35. The minimum Gasteiger partial charge on any atom is -0.329 e. The molecule has 0 aromatic heterocycles. The minimum atomic E-state index is -4.45. The van der Waals surface area contributed by atoms with Gasteiger partial charge in [-0.2, -0.15) is 13.2 Å². The number of alkyl halides is 3. The second-order valence-electron chi connectivity index (χ2n) is 5.71. The molecule has 7 heteroatoms. The highest BCUT2D eigenvalue weighted by Crippen LogP contribution is 2.44. The third-order valence-corrected chi connectivity index (χ3v) is 4.87. The van der Waals surface area contributed by atoms with Crippen molar-refractivity contribution < 1.29 is 18.0 Å². The van der Waals surface area contributed by atoms with Gasteiger partial charge in [0.15, 0.2) is 5.11 Å². The van der Waals surface area contributed by atoms with Crippen LogP contribution in [0.15, 0.2) is 36.4 Å². The Labute approximate surface area is 130 Å². The number of nitrogens with zero attached hydrogens (tertiary/aromatic N) is 2.